The first-order valence-electron chi connectivity index (χ1n) is 10.8. The Morgan fingerprint density at radius 2 is 1.32 bits per heavy atom. The number of aliphatic hydroxyl groups is 1. The number of nitrogens with two attached hydrogens (primary N) is 2. The largest absolute Gasteiger partial charge is 0.394 e. The molecular formula is C24H34N4O3. The third kappa shape index (κ3) is 9.29. The first-order valence-corrected chi connectivity index (χ1v) is 10.8. The van der Waals surface area contributed by atoms with Crippen LogP contribution in [0.1, 0.15) is 30.4 Å². The van der Waals surface area contributed by atoms with Crippen LogP contribution in [0.4, 0.5) is 0 Å². The zero-order valence-corrected chi connectivity index (χ0v) is 17.9. The first kappa shape index (κ1) is 24.5. The van der Waals surface area contributed by atoms with Crippen molar-refractivity contribution in [2.24, 2.45) is 11.5 Å². The number of aliphatic hydroxyl groups excluding tert-OH is 1. The van der Waals surface area contributed by atoms with E-state index in [9.17, 15) is 14.7 Å². The van der Waals surface area contributed by atoms with Crippen molar-refractivity contribution in [2.75, 3.05) is 13.2 Å². The molecule has 2 aromatic carbocycles. The maximum Gasteiger partial charge on any atom is 0.237 e. The van der Waals surface area contributed by atoms with E-state index in [4.69, 9.17) is 11.5 Å². The van der Waals surface area contributed by atoms with Crippen LogP contribution in [-0.4, -0.2) is 48.2 Å². The van der Waals surface area contributed by atoms with Crippen molar-refractivity contribution in [3.8, 4) is 0 Å². The molecule has 7 heteroatoms. The molecule has 0 saturated carbocycles. The monoisotopic (exact) mass is 426 g/mol. The van der Waals surface area contributed by atoms with E-state index in [-0.39, 0.29) is 24.5 Å². The molecule has 2 rings (SSSR count). The van der Waals surface area contributed by atoms with Gasteiger partial charge in [-0.05, 0) is 43.2 Å². The van der Waals surface area contributed by atoms with E-state index < -0.39 is 12.1 Å². The van der Waals surface area contributed by atoms with Gasteiger partial charge in [0.05, 0.1) is 24.7 Å². The summed E-state index contributed by atoms with van der Waals surface area (Å²) in [5, 5.41) is 15.2. The normalized spacial score (nSPS) is 13.8. The number of carbonyl (C=O) groups excluding carboxylic acids is 2. The zero-order chi connectivity index (χ0) is 22.5. The molecule has 0 fully saturated rings. The Balaban J connectivity index is 1.62. The highest BCUT2D eigenvalue weighted by molar-refractivity contribution is 5.82. The number of amides is 2. The van der Waals surface area contributed by atoms with Gasteiger partial charge in [-0.2, -0.15) is 0 Å². The number of hydrogen-bond acceptors (Lipinski definition) is 5. The summed E-state index contributed by atoms with van der Waals surface area (Å²) in [5.41, 5.74) is 14.0. The van der Waals surface area contributed by atoms with Crippen LogP contribution in [0.2, 0.25) is 0 Å². The Bertz CT molecular complexity index is 786. The van der Waals surface area contributed by atoms with E-state index in [1.165, 1.54) is 0 Å². The van der Waals surface area contributed by atoms with Crippen molar-refractivity contribution in [1.29, 1.82) is 0 Å². The average Bonchev–Trinajstić information content (AvgIpc) is 2.79. The van der Waals surface area contributed by atoms with Crippen LogP contribution in [0.3, 0.4) is 0 Å². The van der Waals surface area contributed by atoms with Gasteiger partial charge < -0.3 is 27.2 Å². The van der Waals surface area contributed by atoms with E-state index in [2.05, 4.69) is 10.6 Å². The van der Waals surface area contributed by atoms with Crippen molar-refractivity contribution in [1.82, 2.24) is 10.6 Å². The molecule has 2 aromatic rings. The second-order valence-electron chi connectivity index (χ2n) is 7.77. The third-order valence-corrected chi connectivity index (χ3v) is 5.12. The van der Waals surface area contributed by atoms with Crippen molar-refractivity contribution in [2.45, 2.75) is 50.2 Å². The molecule has 1 unspecified atom stereocenters. The minimum atomic E-state index is -0.665. The highest BCUT2D eigenvalue weighted by Crippen LogP contribution is 2.05. The van der Waals surface area contributed by atoms with Crippen LogP contribution in [0.25, 0.3) is 0 Å². The number of unbranched alkanes of at least 4 members (excludes halogenated alkanes) is 1. The number of benzene rings is 2. The predicted molar refractivity (Wildman–Crippen MR) is 122 cm³/mol. The summed E-state index contributed by atoms with van der Waals surface area (Å²) in [5.74, 6) is -0.453. The number of carbonyl (C=O) groups is 2. The molecule has 0 saturated heterocycles. The fraction of sp³-hybridized carbons (Fsp3) is 0.417. The lowest BCUT2D eigenvalue weighted by Gasteiger charge is -2.19. The maximum atomic E-state index is 12.3. The van der Waals surface area contributed by atoms with Crippen molar-refractivity contribution < 1.29 is 14.7 Å². The summed E-state index contributed by atoms with van der Waals surface area (Å²) in [6.45, 7) is 0.346. The van der Waals surface area contributed by atoms with Gasteiger partial charge in [0, 0.05) is 6.54 Å². The standard InChI is InChI=1S/C24H34N4O3/c25-21(15-18-9-3-1-4-10-18)23(30)27-14-8-7-13-20(17-29)28-24(31)22(26)16-19-11-5-2-6-12-19/h1-6,9-12,20-22,29H,7-8,13-17,25-26H2,(H,27,30)(H,28,31)/t20?,21-,22-/m0/s1. The maximum absolute atomic E-state index is 12.3. The van der Waals surface area contributed by atoms with Crippen molar-refractivity contribution >= 4 is 11.8 Å². The highest BCUT2D eigenvalue weighted by Gasteiger charge is 2.18. The highest BCUT2D eigenvalue weighted by atomic mass is 16.3. The molecule has 0 bridgehead atoms. The quantitative estimate of drug-likeness (QED) is 0.304. The lowest BCUT2D eigenvalue weighted by molar-refractivity contribution is -0.123. The molecule has 7 nitrogen and oxygen atoms in total. The molecule has 0 aromatic heterocycles. The fourth-order valence-electron chi connectivity index (χ4n) is 3.30. The van der Waals surface area contributed by atoms with Crippen LogP contribution >= 0.6 is 0 Å². The molecule has 0 aliphatic heterocycles. The van der Waals surface area contributed by atoms with E-state index in [1.807, 2.05) is 60.7 Å². The Labute approximate surface area is 184 Å². The van der Waals surface area contributed by atoms with Gasteiger partial charge in [0.25, 0.3) is 0 Å². The first-order chi connectivity index (χ1) is 15.0. The van der Waals surface area contributed by atoms with Crippen molar-refractivity contribution in [3.63, 3.8) is 0 Å². The summed E-state index contributed by atoms with van der Waals surface area (Å²) in [6.07, 6.45) is 3.01. The lowest BCUT2D eigenvalue weighted by Crippen LogP contribution is -2.47. The Kier molecular flexibility index (Phi) is 10.7. The van der Waals surface area contributed by atoms with E-state index in [0.29, 0.717) is 25.8 Å². The van der Waals surface area contributed by atoms with E-state index >= 15 is 0 Å². The van der Waals surface area contributed by atoms with Gasteiger partial charge in [0.2, 0.25) is 11.8 Å². The van der Waals surface area contributed by atoms with Gasteiger partial charge in [-0.15, -0.1) is 0 Å². The Morgan fingerprint density at radius 1 is 0.806 bits per heavy atom. The molecule has 168 valence electrons. The van der Waals surface area contributed by atoms with Crippen molar-refractivity contribution in [3.05, 3.63) is 71.8 Å². The van der Waals surface area contributed by atoms with Gasteiger partial charge in [-0.1, -0.05) is 60.7 Å². The third-order valence-electron chi connectivity index (χ3n) is 5.12. The molecule has 3 atom stereocenters. The Morgan fingerprint density at radius 3 is 1.84 bits per heavy atom. The van der Waals surface area contributed by atoms with Gasteiger partial charge in [-0.25, -0.2) is 0 Å². The second kappa shape index (κ2) is 13.5. The molecule has 0 aliphatic carbocycles. The Hall–Kier alpha value is -2.74. The topological polar surface area (TPSA) is 130 Å². The summed E-state index contributed by atoms with van der Waals surface area (Å²) in [7, 11) is 0. The summed E-state index contributed by atoms with van der Waals surface area (Å²) < 4.78 is 0. The second-order valence-corrected chi connectivity index (χ2v) is 7.77. The minimum Gasteiger partial charge on any atom is -0.394 e. The molecule has 7 N–H and O–H groups in total. The lowest BCUT2D eigenvalue weighted by atomic mass is 10.0. The summed E-state index contributed by atoms with van der Waals surface area (Å²) in [6, 6.07) is 17.6. The number of rotatable bonds is 13. The molecule has 0 aliphatic rings. The van der Waals surface area contributed by atoms with Gasteiger partial charge in [0.15, 0.2) is 0 Å². The van der Waals surface area contributed by atoms with E-state index in [0.717, 1.165) is 24.0 Å². The van der Waals surface area contributed by atoms with Crippen LogP contribution in [0.15, 0.2) is 60.7 Å². The minimum absolute atomic E-state index is 0.155. The number of hydrogen-bond donors (Lipinski definition) is 5. The molecule has 0 spiro atoms. The smallest absolute Gasteiger partial charge is 0.237 e. The molecule has 2 amide bonds. The fourth-order valence-corrected chi connectivity index (χ4v) is 3.30. The summed E-state index contributed by atoms with van der Waals surface area (Å²) in [4.78, 5) is 24.4. The summed E-state index contributed by atoms with van der Waals surface area (Å²) >= 11 is 0. The van der Waals surface area contributed by atoms with E-state index in [1.54, 1.807) is 0 Å². The number of nitrogens with one attached hydrogen (secondary N) is 2. The predicted octanol–water partition coefficient (Wildman–Crippen LogP) is 0.890. The average molecular weight is 427 g/mol. The van der Waals surface area contributed by atoms with Crippen LogP contribution in [-0.2, 0) is 22.4 Å². The zero-order valence-electron chi connectivity index (χ0n) is 17.9. The molecule has 0 heterocycles. The van der Waals surface area contributed by atoms with Crippen LogP contribution < -0.4 is 22.1 Å². The molecule has 31 heavy (non-hydrogen) atoms. The molecular weight excluding hydrogens is 392 g/mol. The van der Waals surface area contributed by atoms with Gasteiger partial charge in [0.1, 0.15) is 0 Å². The molecule has 0 radical (unpaired) electrons. The van der Waals surface area contributed by atoms with Gasteiger partial charge >= 0.3 is 0 Å². The van der Waals surface area contributed by atoms with Crippen LogP contribution in [0, 0.1) is 0 Å². The van der Waals surface area contributed by atoms with Crippen LogP contribution in [0.5, 0.6) is 0 Å². The SMILES string of the molecule is N[C@@H](Cc1ccccc1)C(=O)NCCCCC(CO)NC(=O)[C@@H](N)Cc1ccccc1. The van der Waals surface area contributed by atoms with Gasteiger partial charge in [-0.3, -0.25) is 9.59 Å².